The van der Waals surface area contributed by atoms with Gasteiger partial charge in [-0.3, -0.25) is 0 Å². The van der Waals surface area contributed by atoms with Crippen molar-refractivity contribution < 1.29 is 32.1 Å². The van der Waals surface area contributed by atoms with E-state index >= 15 is 0 Å². The molecule has 7 nitrogen and oxygen atoms in total. The largest absolute Gasteiger partial charge is 0.400 e. The SMILES string of the molecule is CCCCCCCCCCCCOS(=O)(=O)OCC(O)(O)O. The fourth-order valence-electron chi connectivity index (χ4n) is 1.94. The van der Waals surface area contributed by atoms with E-state index in [2.05, 4.69) is 15.3 Å². The number of hydrogen-bond donors (Lipinski definition) is 3. The minimum atomic E-state index is -4.31. The number of aliphatic hydroxyl groups is 3. The topological polar surface area (TPSA) is 113 Å². The molecule has 3 N–H and O–H groups in total. The Balaban J connectivity index is 3.42. The second-order valence-electron chi connectivity index (χ2n) is 5.45. The van der Waals surface area contributed by atoms with Crippen LogP contribution in [0.4, 0.5) is 0 Å². The molecule has 0 aromatic carbocycles. The smallest absolute Gasteiger partial charge is 0.342 e. The monoisotopic (exact) mass is 342 g/mol. The Labute approximate surface area is 133 Å². The summed E-state index contributed by atoms with van der Waals surface area (Å²) in [7, 11) is -4.31. The van der Waals surface area contributed by atoms with Gasteiger partial charge in [-0.15, -0.1) is 0 Å². The van der Waals surface area contributed by atoms with E-state index < -0.39 is 23.0 Å². The van der Waals surface area contributed by atoms with E-state index in [0.717, 1.165) is 19.3 Å². The van der Waals surface area contributed by atoms with Gasteiger partial charge in [0.05, 0.1) is 6.61 Å². The average molecular weight is 342 g/mol. The lowest BCUT2D eigenvalue weighted by Gasteiger charge is -2.13. The predicted molar refractivity (Wildman–Crippen MR) is 82.1 cm³/mol. The Morgan fingerprint density at radius 1 is 0.773 bits per heavy atom. The lowest BCUT2D eigenvalue weighted by molar-refractivity contribution is -0.322. The summed E-state index contributed by atoms with van der Waals surface area (Å²) >= 11 is 0. The normalized spacial score (nSPS) is 12.7. The van der Waals surface area contributed by atoms with Crippen molar-refractivity contribution in [1.29, 1.82) is 0 Å². The maximum absolute atomic E-state index is 11.2. The highest BCUT2D eigenvalue weighted by molar-refractivity contribution is 7.81. The highest BCUT2D eigenvalue weighted by Gasteiger charge is 2.23. The van der Waals surface area contributed by atoms with Crippen LogP contribution < -0.4 is 0 Å². The molecule has 0 amide bonds. The molecule has 8 heteroatoms. The number of hydrogen-bond acceptors (Lipinski definition) is 7. The minimum absolute atomic E-state index is 0.0197. The van der Waals surface area contributed by atoms with Gasteiger partial charge in [0.15, 0.2) is 0 Å². The molecule has 0 spiro atoms. The standard InChI is InChI=1S/C14H30O7S/c1-2-3-4-5-6-7-8-9-10-11-12-20-22(18,19)21-13-14(15,16)17/h15-17H,2-13H2,1H3. The molecule has 0 rings (SSSR count). The van der Waals surface area contributed by atoms with Crippen molar-refractivity contribution in [1.82, 2.24) is 0 Å². The van der Waals surface area contributed by atoms with Crippen molar-refractivity contribution in [3.8, 4) is 0 Å². The van der Waals surface area contributed by atoms with Gasteiger partial charge < -0.3 is 15.3 Å². The molecule has 22 heavy (non-hydrogen) atoms. The van der Waals surface area contributed by atoms with E-state index in [1.807, 2.05) is 0 Å². The van der Waals surface area contributed by atoms with Gasteiger partial charge in [0.25, 0.3) is 0 Å². The maximum Gasteiger partial charge on any atom is 0.400 e. The molecule has 0 saturated carbocycles. The Kier molecular flexibility index (Phi) is 12.1. The summed E-state index contributed by atoms with van der Waals surface area (Å²) in [5.74, 6) is -3.19. The molecule has 0 fully saturated rings. The summed E-state index contributed by atoms with van der Waals surface area (Å²) in [6, 6.07) is 0. The molecule has 0 heterocycles. The second-order valence-corrected chi connectivity index (χ2v) is 6.74. The molecule has 134 valence electrons. The van der Waals surface area contributed by atoms with Crippen LogP contribution in [0, 0.1) is 0 Å². The zero-order valence-electron chi connectivity index (χ0n) is 13.4. The molecule has 0 aliphatic heterocycles. The van der Waals surface area contributed by atoms with Crippen LogP contribution in [-0.4, -0.2) is 42.9 Å². The molecule has 0 aromatic heterocycles. The molecule has 0 saturated heterocycles. The zero-order valence-corrected chi connectivity index (χ0v) is 14.2. The van der Waals surface area contributed by atoms with Crippen LogP contribution in [0.3, 0.4) is 0 Å². The van der Waals surface area contributed by atoms with Crippen LogP contribution in [0.1, 0.15) is 71.1 Å². The van der Waals surface area contributed by atoms with Crippen LogP contribution >= 0.6 is 0 Å². The summed E-state index contributed by atoms with van der Waals surface area (Å²) in [5.41, 5.74) is 0. The molecule has 0 unspecified atom stereocenters. The van der Waals surface area contributed by atoms with E-state index in [9.17, 15) is 8.42 Å². The summed E-state index contributed by atoms with van der Waals surface area (Å²) < 4.78 is 30.9. The molecule has 0 aromatic rings. The molecular weight excluding hydrogens is 312 g/mol. The minimum Gasteiger partial charge on any atom is -0.342 e. The van der Waals surface area contributed by atoms with Crippen LogP contribution in [0.2, 0.25) is 0 Å². The third-order valence-corrected chi connectivity index (χ3v) is 3.98. The van der Waals surface area contributed by atoms with E-state index in [4.69, 9.17) is 15.3 Å². The van der Waals surface area contributed by atoms with Crippen molar-refractivity contribution in [3.05, 3.63) is 0 Å². The predicted octanol–water partition coefficient (Wildman–Crippen LogP) is 1.82. The molecular formula is C14H30O7S. The lowest BCUT2D eigenvalue weighted by atomic mass is 10.1. The Morgan fingerprint density at radius 2 is 1.23 bits per heavy atom. The fourth-order valence-corrected chi connectivity index (χ4v) is 2.63. The lowest BCUT2D eigenvalue weighted by Crippen LogP contribution is -2.34. The van der Waals surface area contributed by atoms with Gasteiger partial charge >= 0.3 is 16.4 Å². The Morgan fingerprint density at radius 3 is 1.68 bits per heavy atom. The molecule has 0 atom stereocenters. The Bertz CT molecular complexity index is 349. The van der Waals surface area contributed by atoms with E-state index in [0.29, 0.717) is 6.42 Å². The van der Waals surface area contributed by atoms with Crippen molar-refractivity contribution >= 4 is 10.4 Å². The van der Waals surface area contributed by atoms with Crippen LogP contribution in [-0.2, 0) is 18.8 Å². The van der Waals surface area contributed by atoms with Gasteiger partial charge in [-0.1, -0.05) is 64.7 Å². The van der Waals surface area contributed by atoms with Crippen LogP contribution in [0.25, 0.3) is 0 Å². The van der Waals surface area contributed by atoms with E-state index in [1.54, 1.807) is 0 Å². The summed E-state index contributed by atoms with van der Waals surface area (Å²) in [6.07, 6.45) is 11.2. The second kappa shape index (κ2) is 12.2. The van der Waals surface area contributed by atoms with Gasteiger partial charge in [-0.25, -0.2) is 8.37 Å². The van der Waals surface area contributed by atoms with Crippen molar-refractivity contribution in [2.45, 2.75) is 77.1 Å². The quantitative estimate of drug-likeness (QED) is 0.307. The zero-order chi connectivity index (χ0) is 16.9. The molecule has 0 aliphatic rings. The average Bonchev–Trinajstić information content (AvgIpc) is 2.42. The van der Waals surface area contributed by atoms with Crippen molar-refractivity contribution in [3.63, 3.8) is 0 Å². The van der Waals surface area contributed by atoms with E-state index in [1.165, 1.54) is 38.5 Å². The van der Waals surface area contributed by atoms with E-state index in [-0.39, 0.29) is 6.61 Å². The highest BCUT2D eigenvalue weighted by atomic mass is 32.3. The first kappa shape index (κ1) is 21.8. The van der Waals surface area contributed by atoms with Gasteiger partial charge in [0.1, 0.15) is 6.61 Å². The molecule has 0 radical (unpaired) electrons. The number of unbranched alkanes of at least 4 members (excludes halogenated alkanes) is 9. The summed E-state index contributed by atoms with van der Waals surface area (Å²) in [4.78, 5) is 0. The van der Waals surface area contributed by atoms with Gasteiger partial charge in [-0.05, 0) is 6.42 Å². The summed E-state index contributed by atoms with van der Waals surface area (Å²) in [5, 5.41) is 25.5. The van der Waals surface area contributed by atoms with Gasteiger partial charge in [0, 0.05) is 0 Å². The van der Waals surface area contributed by atoms with Gasteiger partial charge in [-0.2, -0.15) is 8.42 Å². The molecule has 0 aliphatic carbocycles. The maximum atomic E-state index is 11.2. The van der Waals surface area contributed by atoms with Gasteiger partial charge in [0.2, 0.25) is 0 Å². The Hall–Kier alpha value is -0.250. The highest BCUT2D eigenvalue weighted by Crippen LogP contribution is 2.11. The fraction of sp³-hybridized carbons (Fsp3) is 1.00. The third-order valence-electron chi connectivity index (χ3n) is 3.12. The first-order valence-electron chi connectivity index (χ1n) is 7.98. The van der Waals surface area contributed by atoms with Crippen molar-refractivity contribution in [2.75, 3.05) is 13.2 Å². The molecule has 0 bridgehead atoms. The third kappa shape index (κ3) is 16.1. The first-order chi connectivity index (χ1) is 10.3. The van der Waals surface area contributed by atoms with Crippen LogP contribution in [0.15, 0.2) is 0 Å². The first-order valence-corrected chi connectivity index (χ1v) is 9.31. The number of rotatable bonds is 15. The van der Waals surface area contributed by atoms with Crippen molar-refractivity contribution in [2.24, 2.45) is 0 Å². The summed E-state index contributed by atoms with van der Waals surface area (Å²) in [6.45, 7) is 0.989. The van der Waals surface area contributed by atoms with Crippen LogP contribution in [0.5, 0.6) is 0 Å².